The molecule has 6 heteroatoms. The minimum Gasteiger partial charge on any atom is -0.465 e. The first-order valence-electron chi connectivity index (χ1n) is 7.41. The van der Waals surface area contributed by atoms with Crippen LogP contribution in [0, 0.1) is 0 Å². The average Bonchev–Trinajstić information content (AvgIpc) is 3.02. The molecule has 1 atom stereocenters. The van der Waals surface area contributed by atoms with Gasteiger partial charge in [0.25, 0.3) is 5.19 Å². The molecule has 2 heterocycles. The second-order valence-electron chi connectivity index (χ2n) is 6.40. The fourth-order valence-corrected chi connectivity index (χ4v) is 3.24. The Bertz CT molecular complexity index is 644. The van der Waals surface area contributed by atoms with Crippen LogP contribution in [0.1, 0.15) is 27.2 Å². The Morgan fingerprint density at radius 3 is 2.86 bits per heavy atom. The van der Waals surface area contributed by atoms with Gasteiger partial charge in [-0.15, -0.1) is 0 Å². The number of hydrogen-bond donors (Lipinski definition) is 0. The number of likely N-dealkylation sites (tertiary alicyclic amines) is 1. The predicted octanol–water partition coefficient (Wildman–Crippen LogP) is 3.68. The lowest BCUT2D eigenvalue weighted by Gasteiger charge is -2.24. The fourth-order valence-electron chi connectivity index (χ4n) is 2.36. The summed E-state index contributed by atoms with van der Waals surface area (Å²) in [6.07, 6.45) is 0.505. The predicted molar refractivity (Wildman–Crippen MR) is 86.5 cm³/mol. The van der Waals surface area contributed by atoms with Crippen LogP contribution in [0.3, 0.4) is 0 Å². The number of para-hydroxylation sites is 1. The van der Waals surface area contributed by atoms with E-state index in [1.54, 1.807) is 4.90 Å². The minimum absolute atomic E-state index is 0.0203. The third kappa shape index (κ3) is 3.50. The number of fused-ring (bicyclic) bond motifs is 1. The zero-order valence-electron chi connectivity index (χ0n) is 13.0. The second-order valence-corrected chi connectivity index (χ2v) is 7.40. The van der Waals surface area contributed by atoms with Gasteiger partial charge in [-0.3, -0.25) is 0 Å². The van der Waals surface area contributed by atoms with E-state index in [2.05, 4.69) is 4.98 Å². The van der Waals surface area contributed by atoms with Gasteiger partial charge in [-0.1, -0.05) is 23.5 Å². The van der Waals surface area contributed by atoms with Gasteiger partial charge in [0.15, 0.2) is 0 Å². The fraction of sp³-hybridized carbons (Fsp3) is 0.500. The SMILES string of the molecule is CC(C)(C)OC(=O)N1CC[C@H](Oc2nc3ccccc3s2)C1. The highest BCUT2D eigenvalue weighted by molar-refractivity contribution is 7.20. The van der Waals surface area contributed by atoms with Crippen LogP contribution in [0.5, 0.6) is 5.19 Å². The normalized spacial score (nSPS) is 18.7. The largest absolute Gasteiger partial charge is 0.465 e. The number of carbonyl (C=O) groups excluding carboxylic acids is 1. The van der Waals surface area contributed by atoms with Gasteiger partial charge >= 0.3 is 6.09 Å². The summed E-state index contributed by atoms with van der Waals surface area (Å²) in [5.74, 6) is 0. The Hall–Kier alpha value is -1.82. The first-order valence-corrected chi connectivity index (χ1v) is 8.22. The van der Waals surface area contributed by atoms with Gasteiger partial charge in [-0.25, -0.2) is 9.78 Å². The quantitative estimate of drug-likeness (QED) is 0.847. The molecule has 0 radical (unpaired) electrons. The number of carbonyl (C=O) groups is 1. The zero-order chi connectivity index (χ0) is 15.7. The van der Waals surface area contributed by atoms with E-state index < -0.39 is 5.60 Å². The number of amides is 1. The maximum Gasteiger partial charge on any atom is 0.410 e. The molecular formula is C16H20N2O3S. The second kappa shape index (κ2) is 5.76. The van der Waals surface area contributed by atoms with Crippen molar-refractivity contribution in [3.8, 4) is 5.19 Å². The van der Waals surface area contributed by atoms with E-state index in [0.717, 1.165) is 16.6 Å². The molecule has 1 aromatic heterocycles. The van der Waals surface area contributed by atoms with Crippen LogP contribution in [0.25, 0.3) is 10.2 Å². The van der Waals surface area contributed by atoms with Gasteiger partial charge in [-0.05, 0) is 32.9 Å². The highest BCUT2D eigenvalue weighted by Crippen LogP contribution is 2.29. The van der Waals surface area contributed by atoms with Gasteiger partial charge in [0.05, 0.1) is 16.8 Å². The molecule has 0 spiro atoms. The highest BCUT2D eigenvalue weighted by atomic mass is 32.1. The summed E-state index contributed by atoms with van der Waals surface area (Å²) in [6, 6.07) is 7.96. The molecule has 1 aliphatic heterocycles. The molecule has 1 aliphatic rings. The van der Waals surface area contributed by atoms with E-state index >= 15 is 0 Å². The van der Waals surface area contributed by atoms with Crippen molar-refractivity contribution in [3.05, 3.63) is 24.3 Å². The molecule has 5 nitrogen and oxygen atoms in total. The standard InChI is InChI=1S/C16H20N2O3S/c1-16(2,3)21-15(19)18-9-8-11(10-18)20-14-17-12-6-4-5-7-13(12)22-14/h4-7,11H,8-10H2,1-3H3/t11-/m0/s1. The number of thiazole rings is 1. The smallest absolute Gasteiger partial charge is 0.410 e. The molecule has 3 rings (SSSR count). The Balaban J connectivity index is 1.60. The molecule has 0 saturated carbocycles. The summed E-state index contributed by atoms with van der Waals surface area (Å²) >= 11 is 1.54. The Morgan fingerprint density at radius 2 is 2.14 bits per heavy atom. The molecule has 118 valence electrons. The van der Waals surface area contributed by atoms with Crippen LogP contribution in [-0.2, 0) is 4.74 Å². The molecule has 1 saturated heterocycles. The third-order valence-corrected chi connectivity index (χ3v) is 4.27. The maximum absolute atomic E-state index is 12.0. The van der Waals surface area contributed by atoms with Crippen molar-refractivity contribution in [2.24, 2.45) is 0 Å². The van der Waals surface area contributed by atoms with Crippen LogP contribution in [0.2, 0.25) is 0 Å². The number of aromatic nitrogens is 1. The summed E-state index contributed by atoms with van der Waals surface area (Å²) in [5.41, 5.74) is 0.479. The van der Waals surface area contributed by atoms with E-state index in [1.165, 1.54) is 11.3 Å². The van der Waals surface area contributed by atoms with E-state index in [0.29, 0.717) is 18.3 Å². The third-order valence-electron chi connectivity index (χ3n) is 3.34. The van der Waals surface area contributed by atoms with Gasteiger partial charge in [0.2, 0.25) is 0 Å². The summed E-state index contributed by atoms with van der Waals surface area (Å²) in [4.78, 5) is 18.2. The molecule has 0 N–H and O–H groups in total. The summed E-state index contributed by atoms with van der Waals surface area (Å²) in [7, 11) is 0. The lowest BCUT2D eigenvalue weighted by Crippen LogP contribution is -2.36. The van der Waals surface area contributed by atoms with Gasteiger partial charge in [-0.2, -0.15) is 0 Å². The summed E-state index contributed by atoms with van der Waals surface area (Å²) in [5, 5.41) is 0.664. The number of ether oxygens (including phenoxy) is 2. The molecule has 0 unspecified atom stereocenters. The molecule has 1 fully saturated rings. The van der Waals surface area contributed by atoms with E-state index in [-0.39, 0.29) is 12.2 Å². The van der Waals surface area contributed by atoms with Gasteiger partial charge in [0, 0.05) is 13.0 Å². The van der Waals surface area contributed by atoms with E-state index in [4.69, 9.17) is 9.47 Å². The van der Waals surface area contributed by atoms with Crippen molar-refractivity contribution >= 4 is 27.6 Å². The molecule has 1 amide bonds. The van der Waals surface area contributed by atoms with Crippen molar-refractivity contribution < 1.29 is 14.3 Å². The highest BCUT2D eigenvalue weighted by Gasteiger charge is 2.31. The van der Waals surface area contributed by atoms with Crippen molar-refractivity contribution in [2.45, 2.75) is 38.9 Å². The Labute approximate surface area is 133 Å². The maximum atomic E-state index is 12.0. The average molecular weight is 320 g/mol. The summed E-state index contributed by atoms with van der Waals surface area (Å²) in [6.45, 7) is 6.82. The minimum atomic E-state index is -0.469. The van der Waals surface area contributed by atoms with Gasteiger partial charge in [0.1, 0.15) is 11.7 Å². The van der Waals surface area contributed by atoms with Crippen molar-refractivity contribution in [1.29, 1.82) is 0 Å². The van der Waals surface area contributed by atoms with Crippen molar-refractivity contribution in [3.63, 3.8) is 0 Å². The van der Waals surface area contributed by atoms with Gasteiger partial charge < -0.3 is 14.4 Å². The topological polar surface area (TPSA) is 51.7 Å². The van der Waals surface area contributed by atoms with Crippen LogP contribution in [-0.4, -0.2) is 40.8 Å². The zero-order valence-corrected chi connectivity index (χ0v) is 13.9. The number of benzene rings is 1. The molecular weight excluding hydrogens is 300 g/mol. The van der Waals surface area contributed by atoms with E-state index in [1.807, 2.05) is 45.0 Å². The molecule has 0 bridgehead atoms. The summed E-state index contributed by atoms with van der Waals surface area (Å²) < 4.78 is 12.4. The first kappa shape index (κ1) is 15.1. The van der Waals surface area contributed by atoms with Crippen LogP contribution in [0.15, 0.2) is 24.3 Å². The molecule has 0 aliphatic carbocycles. The Morgan fingerprint density at radius 1 is 1.36 bits per heavy atom. The number of nitrogens with zero attached hydrogens (tertiary/aromatic N) is 2. The number of hydrogen-bond acceptors (Lipinski definition) is 5. The Kier molecular flexibility index (Phi) is 3.95. The van der Waals surface area contributed by atoms with Crippen LogP contribution in [0.4, 0.5) is 4.79 Å². The first-order chi connectivity index (χ1) is 10.4. The van der Waals surface area contributed by atoms with Crippen molar-refractivity contribution in [2.75, 3.05) is 13.1 Å². The molecule has 2 aromatic rings. The van der Waals surface area contributed by atoms with E-state index in [9.17, 15) is 4.79 Å². The molecule has 1 aromatic carbocycles. The van der Waals surface area contributed by atoms with Crippen LogP contribution < -0.4 is 4.74 Å². The number of rotatable bonds is 2. The lowest BCUT2D eigenvalue weighted by atomic mass is 10.2. The van der Waals surface area contributed by atoms with Crippen LogP contribution >= 0.6 is 11.3 Å². The molecule has 22 heavy (non-hydrogen) atoms. The monoisotopic (exact) mass is 320 g/mol. The van der Waals surface area contributed by atoms with Crippen molar-refractivity contribution in [1.82, 2.24) is 9.88 Å². The lowest BCUT2D eigenvalue weighted by molar-refractivity contribution is 0.0275.